The highest BCUT2D eigenvalue weighted by molar-refractivity contribution is 8.00. The highest BCUT2D eigenvalue weighted by Crippen LogP contribution is 2.51. The normalized spacial score (nSPS) is 33.3. The minimum Gasteiger partial charge on any atom is -0.146 e. The standard InChI is InChI=1S/C13H13ClS/c14-12-4-2-1-3-11(12)13-9-5-7-10(15-13)8-6-9/h1-5,7,9-10,13H,6,8H2/t9-,10+,13+/m1/s1. The number of rotatable bonds is 1. The summed E-state index contributed by atoms with van der Waals surface area (Å²) in [6, 6.07) is 8.28. The van der Waals surface area contributed by atoms with Crippen molar-refractivity contribution >= 4 is 23.4 Å². The van der Waals surface area contributed by atoms with E-state index >= 15 is 0 Å². The third kappa shape index (κ3) is 1.72. The van der Waals surface area contributed by atoms with Crippen molar-refractivity contribution in [3.63, 3.8) is 0 Å². The zero-order chi connectivity index (χ0) is 10.3. The number of allylic oxidation sites excluding steroid dienone is 1. The van der Waals surface area contributed by atoms with Gasteiger partial charge in [0.25, 0.3) is 0 Å². The van der Waals surface area contributed by atoms with Crippen molar-refractivity contribution in [1.82, 2.24) is 0 Å². The second-order valence-corrected chi connectivity index (χ2v) is 6.04. The van der Waals surface area contributed by atoms with E-state index in [1.165, 1.54) is 18.4 Å². The minimum absolute atomic E-state index is 0.586. The van der Waals surface area contributed by atoms with Crippen LogP contribution in [0.1, 0.15) is 23.7 Å². The van der Waals surface area contributed by atoms with Crippen LogP contribution in [-0.4, -0.2) is 5.25 Å². The average molecular weight is 237 g/mol. The Kier molecular flexibility index (Phi) is 2.53. The molecule has 1 aromatic carbocycles. The number of fused-ring (bicyclic) bond motifs is 2. The van der Waals surface area contributed by atoms with Gasteiger partial charge in [-0.25, -0.2) is 0 Å². The molecule has 2 heteroatoms. The average Bonchev–Trinajstić information content (AvgIpc) is 2.31. The van der Waals surface area contributed by atoms with Gasteiger partial charge in [-0.3, -0.25) is 0 Å². The molecule has 0 aromatic heterocycles. The summed E-state index contributed by atoms with van der Waals surface area (Å²) in [7, 11) is 0. The lowest BCUT2D eigenvalue weighted by Crippen LogP contribution is -2.24. The lowest BCUT2D eigenvalue weighted by atomic mass is 9.88. The molecular formula is C13H13ClS. The Morgan fingerprint density at radius 3 is 2.60 bits per heavy atom. The first-order chi connectivity index (χ1) is 7.34. The van der Waals surface area contributed by atoms with E-state index in [1.807, 2.05) is 12.1 Å². The summed E-state index contributed by atoms with van der Waals surface area (Å²) >= 11 is 8.33. The summed E-state index contributed by atoms with van der Waals surface area (Å²) in [5.74, 6) is 0.694. The van der Waals surface area contributed by atoms with Crippen LogP contribution in [-0.2, 0) is 0 Å². The van der Waals surface area contributed by atoms with Gasteiger partial charge in [-0.05, 0) is 30.4 Å². The SMILES string of the molecule is Clc1ccccc1[C@H]1S[C@H]2C=C[C@@H]1CC2. The fraction of sp³-hybridized carbons (Fsp3) is 0.385. The van der Waals surface area contributed by atoms with Crippen LogP contribution in [0.25, 0.3) is 0 Å². The Balaban J connectivity index is 1.96. The predicted molar refractivity (Wildman–Crippen MR) is 67.4 cm³/mol. The molecule has 1 aliphatic carbocycles. The summed E-state index contributed by atoms with van der Waals surface area (Å²) in [5.41, 5.74) is 1.32. The zero-order valence-corrected chi connectivity index (χ0v) is 9.97. The van der Waals surface area contributed by atoms with Gasteiger partial charge in [-0.1, -0.05) is 42.0 Å². The fourth-order valence-electron chi connectivity index (χ4n) is 2.48. The van der Waals surface area contributed by atoms with Gasteiger partial charge in [0.1, 0.15) is 0 Å². The van der Waals surface area contributed by atoms with Gasteiger partial charge in [0.05, 0.1) is 0 Å². The molecule has 0 unspecified atom stereocenters. The van der Waals surface area contributed by atoms with Gasteiger partial charge < -0.3 is 0 Å². The van der Waals surface area contributed by atoms with Crippen molar-refractivity contribution < 1.29 is 0 Å². The maximum absolute atomic E-state index is 6.26. The Hall–Kier alpha value is -0.400. The molecule has 2 bridgehead atoms. The molecule has 0 nitrogen and oxygen atoms in total. The van der Waals surface area contributed by atoms with E-state index in [0.717, 1.165) is 10.3 Å². The van der Waals surface area contributed by atoms with Crippen LogP contribution in [0.5, 0.6) is 0 Å². The zero-order valence-electron chi connectivity index (χ0n) is 8.40. The van der Waals surface area contributed by atoms with Crippen LogP contribution in [0.15, 0.2) is 36.4 Å². The molecule has 3 aliphatic rings. The molecule has 0 saturated carbocycles. The van der Waals surface area contributed by atoms with Crippen molar-refractivity contribution in [2.24, 2.45) is 5.92 Å². The Bertz CT molecular complexity index is 399. The molecule has 15 heavy (non-hydrogen) atoms. The molecule has 3 atom stereocenters. The second kappa shape index (κ2) is 3.88. The van der Waals surface area contributed by atoms with Crippen molar-refractivity contribution in [3.05, 3.63) is 47.0 Å². The first-order valence-electron chi connectivity index (χ1n) is 5.43. The lowest BCUT2D eigenvalue weighted by molar-refractivity contribution is 0.509. The molecular weight excluding hydrogens is 224 g/mol. The largest absolute Gasteiger partial charge is 0.146 e. The Morgan fingerprint density at radius 1 is 1.13 bits per heavy atom. The number of halogens is 1. The van der Waals surface area contributed by atoms with Crippen molar-refractivity contribution in [3.8, 4) is 0 Å². The smallest absolute Gasteiger partial charge is 0.0449 e. The number of hydrogen-bond acceptors (Lipinski definition) is 1. The van der Waals surface area contributed by atoms with E-state index in [0.29, 0.717) is 11.2 Å². The fourth-order valence-corrected chi connectivity index (χ4v) is 4.41. The maximum atomic E-state index is 6.26. The molecule has 1 fully saturated rings. The van der Waals surface area contributed by atoms with Gasteiger partial charge in [-0.2, -0.15) is 0 Å². The highest BCUT2D eigenvalue weighted by Gasteiger charge is 2.34. The topological polar surface area (TPSA) is 0 Å². The predicted octanol–water partition coefficient (Wildman–Crippen LogP) is 4.46. The first kappa shape index (κ1) is 9.80. The summed E-state index contributed by atoms with van der Waals surface area (Å²) in [4.78, 5) is 0. The van der Waals surface area contributed by atoms with E-state index in [4.69, 9.17) is 11.6 Å². The van der Waals surface area contributed by atoms with Crippen LogP contribution in [0.2, 0.25) is 5.02 Å². The summed E-state index contributed by atoms with van der Waals surface area (Å²) < 4.78 is 0. The molecule has 78 valence electrons. The van der Waals surface area contributed by atoms with Crippen LogP contribution >= 0.6 is 23.4 Å². The van der Waals surface area contributed by atoms with E-state index in [9.17, 15) is 0 Å². The van der Waals surface area contributed by atoms with Gasteiger partial charge in [0.15, 0.2) is 0 Å². The third-order valence-corrected chi connectivity index (χ3v) is 5.26. The number of hydrogen-bond donors (Lipinski definition) is 0. The third-order valence-electron chi connectivity index (χ3n) is 3.28. The number of benzene rings is 1. The lowest BCUT2D eigenvalue weighted by Gasteiger charge is -2.38. The van der Waals surface area contributed by atoms with E-state index < -0.39 is 0 Å². The second-order valence-electron chi connectivity index (χ2n) is 4.24. The van der Waals surface area contributed by atoms with Crippen LogP contribution in [0.4, 0.5) is 0 Å². The van der Waals surface area contributed by atoms with Crippen molar-refractivity contribution in [1.29, 1.82) is 0 Å². The maximum Gasteiger partial charge on any atom is 0.0449 e. The van der Waals surface area contributed by atoms with Crippen LogP contribution < -0.4 is 0 Å². The quantitative estimate of drug-likeness (QED) is 0.649. The van der Waals surface area contributed by atoms with Gasteiger partial charge >= 0.3 is 0 Å². The molecule has 4 rings (SSSR count). The molecule has 0 spiro atoms. The van der Waals surface area contributed by atoms with E-state index in [2.05, 4.69) is 36.0 Å². The molecule has 1 aromatic rings. The van der Waals surface area contributed by atoms with E-state index in [-0.39, 0.29) is 0 Å². The molecule has 2 heterocycles. The molecule has 0 radical (unpaired) electrons. The van der Waals surface area contributed by atoms with Crippen LogP contribution in [0.3, 0.4) is 0 Å². The van der Waals surface area contributed by atoms with E-state index in [1.54, 1.807) is 0 Å². The summed E-state index contributed by atoms with van der Waals surface area (Å²) in [5, 5.41) is 2.23. The number of thioether (sulfide) groups is 1. The molecule has 2 aliphatic heterocycles. The minimum atomic E-state index is 0.586. The van der Waals surface area contributed by atoms with Crippen molar-refractivity contribution in [2.75, 3.05) is 0 Å². The summed E-state index contributed by atoms with van der Waals surface area (Å²) in [6.45, 7) is 0. The summed E-state index contributed by atoms with van der Waals surface area (Å²) in [6.07, 6.45) is 7.42. The van der Waals surface area contributed by atoms with Crippen LogP contribution in [0, 0.1) is 5.92 Å². The first-order valence-corrected chi connectivity index (χ1v) is 6.75. The highest BCUT2D eigenvalue weighted by atomic mass is 35.5. The van der Waals surface area contributed by atoms with Crippen molar-refractivity contribution in [2.45, 2.75) is 23.3 Å². The monoisotopic (exact) mass is 236 g/mol. The van der Waals surface area contributed by atoms with Gasteiger partial charge in [0, 0.05) is 15.5 Å². The molecule has 0 amide bonds. The van der Waals surface area contributed by atoms with Gasteiger partial charge in [-0.15, -0.1) is 11.8 Å². The molecule has 0 N–H and O–H groups in total. The Labute approximate surface area is 99.7 Å². The Morgan fingerprint density at radius 2 is 2.00 bits per heavy atom. The molecule has 1 saturated heterocycles. The van der Waals surface area contributed by atoms with Gasteiger partial charge in [0.2, 0.25) is 0 Å².